The molecule has 0 aliphatic carbocycles. The lowest BCUT2D eigenvalue weighted by molar-refractivity contribution is -0.0571. The summed E-state index contributed by atoms with van der Waals surface area (Å²) >= 11 is 5.68. The van der Waals surface area contributed by atoms with E-state index >= 15 is 0 Å². The fraction of sp³-hybridized carbons (Fsp3) is 0.0625. The van der Waals surface area contributed by atoms with Gasteiger partial charge in [0.15, 0.2) is 5.71 Å². The second kappa shape index (κ2) is 6.47. The van der Waals surface area contributed by atoms with E-state index in [1.54, 1.807) is 30.3 Å². The first-order valence-corrected chi connectivity index (χ1v) is 6.31. The normalized spacial score (nSPS) is 11.7. The number of benzene rings is 2. The van der Waals surface area contributed by atoms with Gasteiger partial charge in [-0.25, -0.2) is 4.99 Å². The molecule has 2 rings (SSSR count). The molecule has 0 amide bonds. The summed E-state index contributed by atoms with van der Waals surface area (Å²) in [5, 5.41) is 0.429. The van der Waals surface area contributed by atoms with Crippen molar-refractivity contribution in [2.75, 3.05) is 0 Å². The summed E-state index contributed by atoms with van der Waals surface area (Å²) in [4.78, 5) is 3.55. The van der Waals surface area contributed by atoms with E-state index in [4.69, 9.17) is 11.6 Å². The van der Waals surface area contributed by atoms with Crippen LogP contribution in [-0.4, -0.2) is 11.9 Å². The number of nitrogens with zero attached hydrogens (tertiary/aromatic N) is 1. The Balaban J connectivity index is 2.36. The van der Waals surface area contributed by atoms with Crippen LogP contribution in [0.4, 0.5) is 18.9 Å². The summed E-state index contributed by atoms with van der Waals surface area (Å²) < 4.78 is 38.8. The second-order valence-corrected chi connectivity index (χ2v) is 4.49. The van der Waals surface area contributed by atoms with E-state index in [-0.39, 0.29) is 5.69 Å². The van der Waals surface area contributed by atoms with Crippen LogP contribution in [0.15, 0.2) is 59.6 Å². The number of rotatable bonds is 1. The van der Waals surface area contributed by atoms with E-state index in [2.05, 4.69) is 16.8 Å². The van der Waals surface area contributed by atoms with E-state index in [0.29, 0.717) is 10.6 Å². The molecule has 0 aliphatic rings. The lowest BCUT2D eigenvalue weighted by Crippen LogP contribution is -2.21. The topological polar surface area (TPSA) is 12.4 Å². The van der Waals surface area contributed by atoms with Gasteiger partial charge >= 0.3 is 6.18 Å². The van der Waals surface area contributed by atoms with Crippen molar-refractivity contribution in [3.05, 3.63) is 65.2 Å². The summed E-state index contributed by atoms with van der Waals surface area (Å²) in [6.07, 6.45) is -4.61. The molecule has 2 aromatic rings. The molecule has 21 heavy (non-hydrogen) atoms. The van der Waals surface area contributed by atoms with Crippen LogP contribution in [0.5, 0.6) is 0 Å². The maximum atomic E-state index is 12.9. The molecule has 106 valence electrons. The summed E-state index contributed by atoms with van der Waals surface area (Å²) in [5.41, 5.74) is -0.506. The highest BCUT2D eigenvalue weighted by molar-refractivity contribution is 6.30. The Labute approximate surface area is 125 Å². The molecule has 2 aromatic carbocycles. The highest BCUT2D eigenvalue weighted by atomic mass is 35.5. The Morgan fingerprint density at radius 1 is 0.952 bits per heavy atom. The Hall–Kier alpha value is -2.25. The van der Waals surface area contributed by atoms with Crippen molar-refractivity contribution in [2.45, 2.75) is 6.18 Å². The van der Waals surface area contributed by atoms with Gasteiger partial charge in [-0.1, -0.05) is 35.7 Å². The molecule has 0 bridgehead atoms. The first kappa shape index (κ1) is 15.1. The SMILES string of the molecule is FC(F)(F)C(C#Cc1ccccc1)=Nc1ccc(Cl)cc1. The van der Waals surface area contributed by atoms with E-state index in [1.807, 2.05) is 0 Å². The summed E-state index contributed by atoms with van der Waals surface area (Å²) in [5.74, 6) is 4.54. The molecule has 0 fully saturated rings. The van der Waals surface area contributed by atoms with Gasteiger partial charge in [0.1, 0.15) is 0 Å². The zero-order chi connectivity index (χ0) is 15.3. The van der Waals surface area contributed by atoms with Crippen LogP contribution in [0.2, 0.25) is 5.02 Å². The van der Waals surface area contributed by atoms with Crippen molar-refractivity contribution in [1.29, 1.82) is 0 Å². The van der Waals surface area contributed by atoms with Crippen LogP contribution in [0, 0.1) is 11.8 Å². The second-order valence-electron chi connectivity index (χ2n) is 4.05. The molecule has 5 heteroatoms. The minimum absolute atomic E-state index is 0.147. The molecule has 0 saturated heterocycles. The molecule has 0 aliphatic heterocycles. The van der Waals surface area contributed by atoms with Crippen LogP contribution >= 0.6 is 11.6 Å². The van der Waals surface area contributed by atoms with Gasteiger partial charge in [-0.15, -0.1) is 0 Å². The van der Waals surface area contributed by atoms with E-state index in [0.717, 1.165) is 0 Å². The number of alkyl halides is 3. The monoisotopic (exact) mass is 307 g/mol. The van der Waals surface area contributed by atoms with Gasteiger partial charge in [-0.05, 0) is 42.3 Å². The molecule has 0 saturated carbocycles. The molecule has 0 N–H and O–H groups in total. The Morgan fingerprint density at radius 2 is 1.57 bits per heavy atom. The first-order valence-electron chi connectivity index (χ1n) is 5.94. The number of aliphatic imine (C=N–C) groups is 1. The highest BCUT2D eigenvalue weighted by Gasteiger charge is 2.34. The van der Waals surface area contributed by atoms with Crippen molar-refractivity contribution in [3.63, 3.8) is 0 Å². The minimum Gasteiger partial charge on any atom is -0.235 e. The maximum Gasteiger partial charge on any atom is 0.441 e. The van der Waals surface area contributed by atoms with Crippen LogP contribution in [-0.2, 0) is 0 Å². The lowest BCUT2D eigenvalue weighted by atomic mass is 10.2. The summed E-state index contributed by atoms with van der Waals surface area (Å²) in [6.45, 7) is 0. The average Bonchev–Trinajstić information content (AvgIpc) is 2.45. The smallest absolute Gasteiger partial charge is 0.235 e. The van der Waals surface area contributed by atoms with Crippen LogP contribution in [0.3, 0.4) is 0 Å². The third-order valence-electron chi connectivity index (χ3n) is 2.44. The van der Waals surface area contributed by atoms with Crippen LogP contribution in [0.1, 0.15) is 5.56 Å². The van der Waals surface area contributed by atoms with Gasteiger partial charge in [-0.3, -0.25) is 0 Å². The predicted octanol–water partition coefficient (Wildman–Crippen LogP) is 5.03. The number of halogens is 4. The molecule has 0 heterocycles. The first-order chi connectivity index (χ1) is 9.95. The van der Waals surface area contributed by atoms with Crippen molar-refractivity contribution in [1.82, 2.24) is 0 Å². The van der Waals surface area contributed by atoms with Gasteiger partial charge in [-0.2, -0.15) is 13.2 Å². The highest BCUT2D eigenvalue weighted by Crippen LogP contribution is 2.22. The number of hydrogen-bond acceptors (Lipinski definition) is 1. The third kappa shape index (κ3) is 4.66. The van der Waals surface area contributed by atoms with Crippen molar-refractivity contribution in [3.8, 4) is 11.8 Å². The molecule has 1 nitrogen and oxygen atoms in total. The maximum absolute atomic E-state index is 12.9. The fourth-order valence-corrected chi connectivity index (χ4v) is 1.59. The molecule has 0 spiro atoms. The van der Waals surface area contributed by atoms with E-state index < -0.39 is 11.9 Å². The standard InChI is InChI=1S/C16H9ClF3N/c17-13-7-9-14(10-8-13)21-15(16(18,19)20)11-6-12-4-2-1-3-5-12/h1-5,7-10H. The summed E-state index contributed by atoms with van der Waals surface area (Å²) in [6, 6.07) is 14.2. The Kier molecular flexibility index (Phi) is 4.66. The van der Waals surface area contributed by atoms with Crippen LogP contribution < -0.4 is 0 Å². The Morgan fingerprint density at radius 3 is 2.14 bits per heavy atom. The van der Waals surface area contributed by atoms with Gasteiger partial charge < -0.3 is 0 Å². The van der Waals surface area contributed by atoms with Crippen molar-refractivity contribution < 1.29 is 13.2 Å². The lowest BCUT2D eigenvalue weighted by Gasteiger charge is -2.04. The number of hydrogen-bond donors (Lipinski definition) is 0. The van der Waals surface area contributed by atoms with Gasteiger partial charge in [0.05, 0.1) is 5.69 Å². The van der Waals surface area contributed by atoms with Crippen molar-refractivity contribution in [2.24, 2.45) is 4.99 Å². The largest absolute Gasteiger partial charge is 0.441 e. The van der Waals surface area contributed by atoms with Gasteiger partial charge in [0.25, 0.3) is 0 Å². The van der Waals surface area contributed by atoms with E-state index in [9.17, 15) is 13.2 Å². The predicted molar refractivity (Wildman–Crippen MR) is 77.9 cm³/mol. The quantitative estimate of drug-likeness (QED) is 0.518. The zero-order valence-corrected chi connectivity index (χ0v) is 11.4. The van der Waals surface area contributed by atoms with Gasteiger partial charge in [0.2, 0.25) is 0 Å². The molecular weight excluding hydrogens is 299 g/mol. The molecule has 0 unspecified atom stereocenters. The zero-order valence-electron chi connectivity index (χ0n) is 10.7. The fourth-order valence-electron chi connectivity index (χ4n) is 1.46. The Bertz CT molecular complexity index is 692. The average molecular weight is 308 g/mol. The van der Waals surface area contributed by atoms with Gasteiger partial charge in [0, 0.05) is 10.6 Å². The molecule has 0 radical (unpaired) electrons. The van der Waals surface area contributed by atoms with Crippen molar-refractivity contribution >= 4 is 23.0 Å². The molecule has 0 aromatic heterocycles. The van der Waals surface area contributed by atoms with Crippen LogP contribution in [0.25, 0.3) is 0 Å². The molecule has 0 atom stereocenters. The summed E-state index contributed by atoms with van der Waals surface area (Å²) in [7, 11) is 0. The van der Waals surface area contributed by atoms with E-state index in [1.165, 1.54) is 24.3 Å². The molecular formula is C16H9ClF3N. The third-order valence-corrected chi connectivity index (χ3v) is 2.69. The minimum atomic E-state index is -4.61.